The third-order valence-corrected chi connectivity index (χ3v) is 3.82. The SMILES string of the molecule is CC(C)Sc1cccc(Cl)c1C1(C)CO1. The Balaban J connectivity index is 2.40. The van der Waals surface area contributed by atoms with Crippen LogP contribution in [0.3, 0.4) is 0 Å². The van der Waals surface area contributed by atoms with Gasteiger partial charge in [0.25, 0.3) is 0 Å². The molecule has 1 saturated heterocycles. The summed E-state index contributed by atoms with van der Waals surface area (Å²) in [5.41, 5.74) is 1.01. The van der Waals surface area contributed by atoms with Crippen molar-refractivity contribution in [1.82, 2.24) is 0 Å². The Morgan fingerprint density at radius 3 is 2.67 bits per heavy atom. The zero-order chi connectivity index (χ0) is 11.1. The van der Waals surface area contributed by atoms with Gasteiger partial charge in [-0.2, -0.15) is 0 Å². The molecule has 15 heavy (non-hydrogen) atoms. The predicted octanol–water partition coefficient (Wildman–Crippen LogP) is 4.09. The predicted molar refractivity (Wildman–Crippen MR) is 65.7 cm³/mol. The maximum atomic E-state index is 6.24. The maximum Gasteiger partial charge on any atom is 0.116 e. The Labute approximate surface area is 100 Å². The highest BCUT2D eigenvalue weighted by Crippen LogP contribution is 2.46. The largest absolute Gasteiger partial charge is 0.365 e. The molecular weight excluding hydrogens is 228 g/mol. The van der Waals surface area contributed by atoms with Crippen molar-refractivity contribution in [3.8, 4) is 0 Å². The van der Waals surface area contributed by atoms with Gasteiger partial charge < -0.3 is 4.74 Å². The average molecular weight is 243 g/mol. The van der Waals surface area contributed by atoms with E-state index < -0.39 is 0 Å². The molecular formula is C12H15ClOS. The molecule has 0 radical (unpaired) electrons. The van der Waals surface area contributed by atoms with Crippen LogP contribution in [0, 0.1) is 0 Å². The van der Waals surface area contributed by atoms with Gasteiger partial charge in [0.2, 0.25) is 0 Å². The molecule has 0 bridgehead atoms. The average Bonchev–Trinajstić information content (AvgIpc) is 2.83. The minimum atomic E-state index is -0.143. The molecule has 2 rings (SSSR count). The van der Waals surface area contributed by atoms with Gasteiger partial charge in [0.15, 0.2) is 0 Å². The Kier molecular flexibility index (Phi) is 3.02. The van der Waals surface area contributed by atoms with Gasteiger partial charge in [-0.3, -0.25) is 0 Å². The zero-order valence-corrected chi connectivity index (χ0v) is 10.8. The number of hydrogen-bond donors (Lipinski definition) is 0. The van der Waals surface area contributed by atoms with E-state index in [9.17, 15) is 0 Å². The highest BCUT2D eigenvalue weighted by atomic mass is 35.5. The second-order valence-electron chi connectivity index (χ2n) is 4.30. The van der Waals surface area contributed by atoms with Crippen molar-refractivity contribution in [2.75, 3.05) is 6.61 Å². The highest BCUT2D eigenvalue weighted by Gasteiger charge is 2.44. The van der Waals surface area contributed by atoms with Gasteiger partial charge >= 0.3 is 0 Å². The number of epoxide rings is 1. The number of thioether (sulfide) groups is 1. The first-order valence-corrected chi connectivity index (χ1v) is 6.38. The Bertz CT molecular complexity index is 372. The lowest BCUT2D eigenvalue weighted by molar-refractivity contribution is 0.326. The quantitative estimate of drug-likeness (QED) is 0.585. The summed E-state index contributed by atoms with van der Waals surface area (Å²) < 4.78 is 5.49. The van der Waals surface area contributed by atoms with Crippen LogP contribution >= 0.6 is 23.4 Å². The molecule has 0 spiro atoms. The molecule has 3 heteroatoms. The van der Waals surface area contributed by atoms with Crippen molar-refractivity contribution >= 4 is 23.4 Å². The fourth-order valence-electron chi connectivity index (χ4n) is 1.62. The van der Waals surface area contributed by atoms with Gasteiger partial charge in [-0.25, -0.2) is 0 Å². The van der Waals surface area contributed by atoms with Crippen LogP contribution < -0.4 is 0 Å². The molecule has 1 unspecified atom stereocenters. The molecule has 1 fully saturated rings. The summed E-state index contributed by atoms with van der Waals surface area (Å²) in [6.07, 6.45) is 0. The number of ether oxygens (including phenoxy) is 1. The summed E-state index contributed by atoms with van der Waals surface area (Å²) in [5.74, 6) is 0. The van der Waals surface area contributed by atoms with Crippen molar-refractivity contribution in [2.24, 2.45) is 0 Å². The summed E-state index contributed by atoms with van der Waals surface area (Å²) in [7, 11) is 0. The summed E-state index contributed by atoms with van der Waals surface area (Å²) >= 11 is 8.09. The second-order valence-corrected chi connectivity index (χ2v) is 6.32. The molecule has 0 aliphatic carbocycles. The lowest BCUT2D eigenvalue weighted by atomic mass is 10.0. The summed E-state index contributed by atoms with van der Waals surface area (Å²) in [6, 6.07) is 6.06. The minimum Gasteiger partial charge on any atom is -0.365 e. The molecule has 1 nitrogen and oxygen atoms in total. The van der Waals surface area contributed by atoms with Gasteiger partial charge in [0, 0.05) is 20.7 Å². The number of hydrogen-bond acceptors (Lipinski definition) is 2. The van der Waals surface area contributed by atoms with E-state index in [0.717, 1.165) is 17.2 Å². The van der Waals surface area contributed by atoms with E-state index >= 15 is 0 Å². The molecule has 82 valence electrons. The molecule has 1 aromatic rings. The molecule has 0 amide bonds. The summed E-state index contributed by atoms with van der Waals surface area (Å²) in [4.78, 5) is 1.25. The molecule has 0 saturated carbocycles. The van der Waals surface area contributed by atoms with Gasteiger partial charge in [-0.05, 0) is 19.1 Å². The highest BCUT2D eigenvalue weighted by molar-refractivity contribution is 8.00. The molecule has 1 aliphatic rings. The van der Waals surface area contributed by atoms with E-state index in [1.165, 1.54) is 4.90 Å². The smallest absolute Gasteiger partial charge is 0.116 e. The van der Waals surface area contributed by atoms with Crippen molar-refractivity contribution in [1.29, 1.82) is 0 Å². The van der Waals surface area contributed by atoms with E-state index in [2.05, 4.69) is 26.8 Å². The summed E-state index contributed by atoms with van der Waals surface area (Å²) in [5, 5.41) is 1.38. The van der Waals surface area contributed by atoms with E-state index in [1.807, 2.05) is 23.9 Å². The normalized spacial score (nSPS) is 24.6. The van der Waals surface area contributed by atoms with Gasteiger partial charge in [-0.1, -0.05) is 31.5 Å². The van der Waals surface area contributed by atoms with Crippen LogP contribution in [0.15, 0.2) is 23.1 Å². The van der Waals surface area contributed by atoms with Crippen LogP contribution in [0.1, 0.15) is 26.3 Å². The Morgan fingerprint density at radius 2 is 2.13 bits per heavy atom. The van der Waals surface area contributed by atoms with Gasteiger partial charge in [-0.15, -0.1) is 11.8 Å². The van der Waals surface area contributed by atoms with Crippen molar-refractivity contribution in [3.63, 3.8) is 0 Å². The minimum absolute atomic E-state index is 0.143. The number of benzene rings is 1. The third kappa shape index (κ3) is 2.32. The molecule has 1 heterocycles. The van der Waals surface area contributed by atoms with Crippen LogP contribution in [0.2, 0.25) is 5.02 Å². The molecule has 1 aliphatic heterocycles. The van der Waals surface area contributed by atoms with Crippen LogP contribution in [0.25, 0.3) is 0 Å². The van der Waals surface area contributed by atoms with Gasteiger partial charge in [0.1, 0.15) is 5.60 Å². The molecule has 0 aromatic heterocycles. The summed E-state index contributed by atoms with van der Waals surface area (Å²) in [6.45, 7) is 7.25. The first kappa shape index (κ1) is 11.3. The fourth-order valence-corrected chi connectivity index (χ4v) is 3.16. The lowest BCUT2D eigenvalue weighted by Gasteiger charge is -2.15. The van der Waals surface area contributed by atoms with Crippen LogP contribution in [0.4, 0.5) is 0 Å². The van der Waals surface area contributed by atoms with Crippen molar-refractivity contribution in [3.05, 3.63) is 28.8 Å². The van der Waals surface area contributed by atoms with E-state index in [4.69, 9.17) is 16.3 Å². The first-order valence-electron chi connectivity index (χ1n) is 5.12. The van der Waals surface area contributed by atoms with Crippen molar-refractivity contribution < 1.29 is 4.74 Å². The van der Waals surface area contributed by atoms with Gasteiger partial charge in [0.05, 0.1) is 6.61 Å². The molecule has 1 aromatic carbocycles. The molecule has 0 N–H and O–H groups in total. The van der Waals surface area contributed by atoms with Crippen LogP contribution in [-0.2, 0) is 10.3 Å². The standard InChI is InChI=1S/C12H15ClOS/c1-8(2)15-10-6-4-5-9(13)11(10)12(3)7-14-12/h4-6,8H,7H2,1-3H3. The van der Waals surface area contributed by atoms with Crippen LogP contribution in [-0.4, -0.2) is 11.9 Å². The molecule has 1 atom stereocenters. The monoisotopic (exact) mass is 242 g/mol. The van der Waals surface area contributed by atoms with Crippen molar-refractivity contribution in [2.45, 2.75) is 36.5 Å². The Hall–Kier alpha value is -0.180. The lowest BCUT2D eigenvalue weighted by Crippen LogP contribution is -2.06. The second kappa shape index (κ2) is 4.00. The topological polar surface area (TPSA) is 12.5 Å². The van der Waals surface area contributed by atoms with E-state index in [0.29, 0.717) is 5.25 Å². The first-order chi connectivity index (χ1) is 7.03. The maximum absolute atomic E-state index is 6.24. The fraction of sp³-hybridized carbons (Fsp3) is 0.500. The number of rotatable bonds is 3. The van der Waals surface area contributed by atoms with E-state index in [1.54, 1.807) is 0 Å². The third-order valence-electron chi connectivity index (χ3n) is 2.44. The number of halogens is 1. The Morgan fingerprint density at radius 1 is 1.47 bits per heavy atom. The zero-order valence-electron chi connectivity index (χ0n) is 9.21. The van der Waals surface area contributed by atoms with E-state index in [-0.39, 0.29) is 5.60 Å². The van der Waals surface area contributed by atoms with Crippen LogP contribution in [0.5, 0.6) is 0 Å².